The Hall–Kier alpha value is -3.52. The lowest BCUT2D eigenvalue weighted by Gasteiger charge is -2.15. The van der Waals surface area contributed by atoms with Crippen LogP contribution in [0.25, 0.3) is 5.57 Å². The van der Waals surface area contributed by atoms with E-state index in [9.17, 15) is 19.7 Å². The molecule has 8 heteroatoms. The summed E-state index contributed by atoms with van der Waals surface area (Å²) in [6.07, 6.45) is 0. The monoisotopic (exact) mass is 395 g/mol. The fourth-order valence-corrected chi connectivity index (χ4v) is 3.10. The number of nitrogens with one attached hydrogen (secondary N) is 1. The Labute approximate surface area is 167 Å². The number of nitro groups is 1. The Morgan fingerprint density at radius 2 is 1.76 bits per heavy atom. The van der Waals surface area contributed by atoms with Crippen LogP contribution in [0.1, 0.15) is 16.7 Å². The predicted molar refractivity (Wildman–Crippen MR) is 108 cm³/mol. The highest BCUT2D eigenvalue weighted by Gasteiger charge is 2.39. The molecule has 1 heterocycles. The molecular formula is C21H21N3O5. The Bertz CT molecular complexity index is 1010. The highest BCUT2D eigenvalue weighted by molar-refractivity contribution is 6.36. The van der Waals surface area contributed by atoms with Crippen molar-refractivity contribution < 1.29 is 19.2 Å². The molecule has 0 unspecified atom stereocenters. The van der Waals surface area contributed by atoms with Crippen molar-refractivity contribution in [2.75, 3.05) is 25.6 Å². The van der Waals surface area contributed by atoms with Gasteiger partial charge in [0.1, 0.15) is 5.70 Å². The fraction of sp³-hybridized carbons (Fsp3) is 0.238. The molecule has 3 rings (SSSR count). The van der Waals surface area contributed by atoms with Gasteiger partial charge in [-0.15, -0.1) is 0 Å². The van der Waals surface area contributed by atoms with Crippen molar-refractivity contribution in [3.05, 3.63) is 75.0 Å². The molecule has 2 aromatic rings. The van der Waals surface area contributed by atoms with Crippen molar-refractivity contribution in [3.8, 4) is 0 Å². The van der Waals surface area contributed by atoms with Gasteiger partial charge in [0.2, 0.25) is 0 Å². The van der Waals surface area contributed by atoms with Gasteiger partial charge in [-0.1, -0.05) is 12.1 Å². The van der Waals surface area contributed by atoms with E-state index in [-0.39, 0.29) is 30.1 Å². The maximum absolute atomic E-state index is 13.0. The van der Waals surface area contributed by atoms with Crippen LogP contribution in [0.3, 0.4) is 0 Å². The number of hydrogen-bond acceptors (Lipinski definition) is 6. The largest absolute Gasteiger partial charge is 0.383 e. The zero-order valence-corrected chi connectivity index (χ0v) is 16.4. The molecule has 1 N–H and O–H groups in total. The molecule has 0 atom stereocenters. The van der Waals surface area contributed by atoms with Gasteiger partial charge in [-0.25, -0.2) is 0 Å². The number of methoxy groups -OCH3 is 1. The number of non-ortho nitro benzene ring substituents is 1. The molecule has 1 aliphatic rings. The van der Waals surface area contributed by atoms with Gasteiger partial charge in [0.05, 0.1) is 23.6 Å². The molecule has 0 bridgehead atoms. The molecular weight excluding hydrogens is 374 g/mol. The third-order valence-electron chi connectivity index (χ3n) is 4.71. The molecule has 2 amide bonds. The number of nitrogens with zero attached hydrogens (tertiary/aromatic N) is 2. The van der Waals surface area contributed by atoms with Crippen molar-refractivity contribution in [2.45, 2.75) is 13.8 Å². The van der Waals surface area contributed by atoms with Gasteiger partial charge in [0.15, 0.2) is 0 Å². The summed E-state index contributed by atoms with van der Waals surface area (Å²) in [5, 5.41) is 14.0. The average molecular weight is 395 g/mol. The average Bonchev–Trinajstić information content (AvgIpc) is 2.92. The molecule has 0 saturated carbocycles. The summed E-state index contributed by atoms with van der Waals surface area (Å²) in [6, 6.07) is 11.4. The first kappa shape index (κ1) is 20.2. The second-order valence-electron chi connectivity index (χ2n) is 6.75. The summed E-state index contributed by atoms with van der Waals surface area (Å²) in [4.78, 5) is 37.6. The van der Waals surface area contributed by atoms with E-state index in [2.05, 4.69) is 5.32 Å². The third-order valence-corrected chi connectivity index (χ3v) is 4.71. The highest BCUT2D eigenvalue weighted by atomic mass is 16.6. The van der Waals surface area contributed by atoms with E-state index < -0.39 is 16.7 Å². The Kier molecular flexibility index (Phi) is 5.74. The van der Waals surface area contributed by atoms with Gasteiger partial charge in [-0.3, -0.25) is 24.6 Å². The quantitative estimate of drug-likeness (QED) is 0.439. The number of nitro benzene ring substituents is 1. The minimum Gasteiger partial charge on any atom is -0.383 e. The summed E-state index contributed by atoms with van der Waals surface area (Å²) in [5.41, 5.74) is 3.31. The van der Waals surface area contributed by atoms with E-state index in [0.29, 0.717) is 11.3 Å². The van der Waals surface area contributed by atoms with E-state index >= 15 is 0 Å². The van der Waals surface area contributed by atoms with Gasteiger partial charge in [-0.05, 0) is 48.7 Å². The number of carbonyl (C=O) groups is 2. The van der Waals surface area contributed by atoms with Crippen LogP contribution in [-0.2, 0) is 14.3 Å². The summed E-state index contributed by atoms with van der Waals surface area (Å²) in [6.45, 7) is 4.16. The summed E-state index contributed by atoms with van der Waals surface area (Å²) in [5.74, 6) is -0.921. The standard InChI is InChI=1S/C21H21N3O5/c1-13-4-5-14(2)17(12-13)22-19-18(15-6-8-16(9-7-15)24(27)28)20(25)23(21(19)26)10-11-29-3/h4-9,12,22H,10-11H2,1-3H3. The second-order valence-corrected chi connectivity index (χ2v) is 6.75. The van der Waals surface area contributed by atoms with Crippen molar-refractivity contribution in [1.82, 2.24) is 4.90 Å². The van der Waals surface area contributed by atoms with E-state index in [0.717, 1.165) is 16.0 Å². The van der Waals surface area contributed by atoms with E-state index in [4.69, 9.17) is 4.74 Å². The zero-order valence-electron chi connectivity index (χ0n) is 16.4. The van der Waals surface area contributed by atoms with Gasteiger partial charge in [0, 0.05) is 24.9 Å². The highest BCUT2D eigenvalue weighted by Crippen LogP contribution is 2.32. The van der Waals surface area contributed by atoms with Gasteiger partial charge >= 0.3 is 0 Å². The molecule has 8 nitrogen and oxygen atoms in total. The molecule has 0 aliphatic carbocycles. The summed E-state index contributed by atoms with van der Waals surface area (Å²) in [7, 11) is 1.49. The fourth-order valence-electron chi connectivity index (χ4n) is 3.10. The van der Waals surface area contributed by atoms with Crippen molar-refractivity contribution in [1.29, 1.82) is 0 Å². The van der Waals surface area contributed by atoms with Crippen LogP contribution in [0.4, 0.5) is 11.4 Å². The lowest BCUT2D eigenvalue weighted by Crippen LogP contribution is -2.35. The van der Waals surface area contributed by atoms with E-state index in [1.165, 1.54) is 31.4 Å². The molecule has 2 aromatic carbocycles. The number of rotatable bonds is 7. The molecule has 1 aliphatic heterocycles. The smallest absolute Gasteiger partial charge is 0.278 e. The van der Waals surface area contributed by atoms with Crippen molar-refractivity contribution in [2.24, 2.45) is 0 Å². The van der Waals surface area contributed by atoms with Crippen LogP contribution in [0, 0.1) is 24.0 Å². The topological polar surface area (TPSA) is 102 Å². The number of anilines is 1. The maximum Gasteiger partial charge on any atom is 0.278 e. The summed E-state index contributed by atoms with van der Waals surface area (Å²) < 4.78 is 5.01. The number of amides is 2. The molecule has 0 aromatic heterocycles. The van der Waals surface area contributed by atoms with Crippen LogP contribution in [0.2, 0.25) is 0 Å². The lowest BCUT2D eigenvalue weighted by atomic mass is 10.0. The molecule has 29 heavy (non-hydrogen) atoms. The first-order valence-electron chi connectivity index (χ1n) is 9.02. The van der Waals surface area contributed by atoms with Crippen LogP contribution in [0.5, 0.6) is 0 Å². The first-order chi connectivity index (χ1) is 13.8. The predicted octanol–water partition coefficient (Wildman–Crippen LogP) is 3.05. The normalized spacial score (nSPS) is 14.0. The number of hydrogen-bond donors (Lipinski definition) is 1. The molecule has 150 valence electrons. The van der Waals surface area contributed by atoms with Crippen molar-refractivity contribution in [3.63, 3.8) is 0 Å². The maximum atomic E-state index is 13.0. The number of aryl methyl sites for hydroxylation is 2. The third kappa shape index (κ3) is 4.02. The molecule has 0 fully saturated rings. The van der Waals surface area contributed by atoms with E-state index in [1.807, 2.05) is 32.0 Å². The number of carbonyl (C=O) groups excluding carboxylic acids is 2. The summed E-state index contributed by atoms with van der Waals surface area (Å²) >= 11 is 0. The van der Waals surface area contributed by atoms with Crippen molar-refractivity contribution >= 4 is 28.8 Å². The van der Waals surface area contributed by atoms with Crippen LogP contribution in [0.15, 0.2) is 48.2 Å². The van der Waals surface area contributed by atoms with Crippen LogP contribution in [-0.4, -0.2) is 41.9 Å². The molecule has 0 radical (unpaired) electrons. The van der Waals surface area contributed by atoms with Gasteiger partial charge in [-0.2, -0.15) is 0 Å². The van der Waals surface area contributed by atoms with E-state index in [1.54, 1.807) is 0 Å². The molecule has 0 saturated heterocycles. The molecule has 0 spiro atoms. The minimum absolute atomic E-state index is 0.0913. The van der Waals surface area contributed by atoms with Gasteiger partial charge in [0.25, 0.3) is 17.5 Å². The van der Waals surface area contributed by atoms with Crippen LogP contribution >= 0.6 is 0 Å². The number of ether oxygens (including phenoxy) is 1. The minimum atomic E-state index is -0.514. The zero-order chi connectivity index (χ0) is 21.1. The van der Waals surface area contributed by atoms with Gasteiger partial charge < -0.3 is 10.1 Å². The second kappa shape index (κ2) is 8.24. The number of imide groups is 1. The Morgan fingerprint density at radius 1 is 1.07 bits per heavy atom. The van der Waals surface area contributed by atoms with Crippen LogP contribution < -0.4 is 5.32 Å². The lowest BCUT2D eigenvalue weighted by molar-refractivity contribution is -0.384. The Morgan fingerprint density at radius 3 is 2.38 bits per heavy atom. The number of benzene rings is 2. The SMILES string of the molecule is COCCN1C(=O)C(Nc2cc(C)ccc2C)=C(c2ccc([N+](=O)[O-])cc2)C1=O. The first-order valence-corrected chi connectivity index (χ1v) is 9.02. The Balaban J connectivity index is 2.07.